The van der Waals surface area contributed by atoms with Crippen LogP contribution in [0.4, 0.5) is 10.8 Å². The summed E-state index contributed by atoms with van der Waals surface area (Å²) in [5.41, 5.74) is 1.66. The molecule has 1 aromatic heterocycles. The summed E-state index contributed by atoms with van der Waals surface area (Å²) in [4.78, 5) is 14.5. The van der Waals surface area contributed by atoms with Crippen LogP contribution in [0.3, 0.4) is 0 Å². The second kappa shape index (κ2) is 6.23. The molecular weight excluding hydrogens is 300 g/mol. The number of aliphatic imine (C=N–C) groups is 1. The Kier molecular flexibility index (Phi) is 3.97. The molecule has 0 aliphatic carbocycles. The van der Waals surface area contributed by atoms with E-state index in [1.165, 1.54) is 23.5 Å². The standard InChI is InChI=1S/C15H10N4O2S/c20-19(21)13-8-4-5-11(9-13)10-16-15-18-17-14(22-15)12-6-2-1-3-7-12/h1-10H/b16-10+. The van der Waals surface area contributed by atoms with Crippen LogP contribution in [0.2, 0.25) is 0 Å². The third-order valence-corrected chi connectivity index (χ3v) is 3.72. The van der Waals surface area contributed by atoms with Gasteiger partial charge in [0.05, 0.1) is 4.92 Å². The maximum absolute atomic E-state index is 10.7. The molecule has 108 valence electrons. The van der Waals surface area contributed by atoms with Gasteiger partial charge in [-0.1, -0.05) is 53.8 Å². The molecule has 0 bridgehead atoms. The van der Waals surface area contributed by atoms with E-state index in [1.54, 1.807) is 18.3 Å². The van der Waals surface area contributed by atoms with Crippen LogP contribution < -0.4 is 0 Å². The monoisotopic (exact) mass is 310 g/mol. The zero-order valence-corrected chi connectivity index (χ0v) is 12.1. The summed E-state index contributed by atoms with van der Waals surface area (Å²) in [5.74, 6) is 0. The van der Waals surface area contributed by atoms with Crippen LogP contribution in [-0.4, -0.2) is 21.3 Å². The molecule has 3 aromatic rings. The molecule has 0 saturated carbocycles. The molecule has 0 atom stereocenters. The molecule has 0 amide bonds. The van der Waals surface area contributed by atoms with Crippen molar-refractivity contribution in [3.05, 3.63) is 70.3 Å². The summed E-state index contributed by atoms with van der Waals surface area (Å²) in [7, 11) is 0. The van der Waals surface area contributed by atoms with E-state index in [-0.39, 0.29) is 5.69 Å². The molecule has 3 rings (SSSR count). The third-order valence-electron chi connectivity index (χ3n) is 2.84. The molecule has 22 heavy (non-hydrogen) atoms. The number of nitro benzene ring substituents is 1. The number of nitrogens with zero attached hydrogens (tertiary/aromatic N) is 4. The lowest BCUT2D eigenvalue weighted by Crippen LogP contribution is -1.89. The van der Waals surface area contributed by atoms with Gasteiger partial charge in [0.15, 0.2) is 0 Å². The number of nitro groups is 1. The molecule has 0 radical (unpaired) electrons. The van der Waals surface area contributed by atoms with E-state index in [0.29, 0.717) is 10.7 Å². The Balaban J connectivity index is 1.80. The number of non-ortho nitro benzene ring substituents is 1. The molecule has 0 spiro atoms. The SMILES string of the molecule is O=[N+]([O-])c1cccc(/C=N/c2nnc(-c3ccccc3)s2)c1. The van der Waals surface area contributed by atoms with Crippen LogP contribution in [0, 0.1) is 10.1 Å². The summed E-state index contributed by atoms with van der Waals surface area (Å²) < 4.78 is 0. The van der Waals surface area contributed by atoms with Crippen LogP contribution in [-0.2, 0) is 0 Å². The number of rotatable bonds is 4. The fourth-order valence-electron chi connectivity index (χ4n) is 1.81. The molecular formula is C15H10N4O2S. The Morgan fingerprint density at radius 2 is 1.91 bits per heavy atom. The van der Waals surface area contributed by atoms with Crippen LogP contribution in [0.25, 0.3) is 10.6 Å². The van der Waals surface area contributed by atoms with Gasteiger partial charge < -0.3 is 0 Å². The Morgan fingerprint density at radius 3 is 2.68 bits per heavy atom. The van der Waals surface area contributed by atoms with Gasteiger partial charge in [0, 0.05) is 23.9 Å². The largest absolute Gasteiger partial charge is 0.270 e. The zero-order chi connectivity index (χ0) is 15.4. The van der Waals surface area contributed by atoms with Crippen molar-refractivity contribution in [3.8, 4) is 10.6 Å². The molecule has 0 N–H and O–H groups in total. The van der Waals surface area contributed by atoms with Crippen LogP contribution in [0.1, 0.15) is 5.56 Å². The van der Waals surface area contributed by atoms with Gasteiger partial charge in [0.1, 0.15) is 5.01 Å². The lowest BCUT2D eigenvalue weighted by Gasteiger charge is -1.93. The highest BCUT2D eigenvalue weighted by atomic mass is 32.1. The fourth-order valence-corrected chi connectivity index (χ4v) is 2.51. The van der Waals surface area contributed by atoms with Crippen LogP contribution in [0.5, 0.6) is 0 Å². The number of hydrogen-bond acceptors (Lipinski definition) is 6. The topological polar surface area (TPSA) is 81.3 Å². The first kappa shape index (κ1) is 14.0. The second-order valence-corrected chi connectivity index (χ2v) is 5.32. The smallest absolute Gasteiger partial charge is 0.258 e. The maximum atomic E-state index is 10.7. The van der Waals surface area contributed by atoms with Crippen molar-refractivity contribution in [2.45, 2.75) is 0 Å². The molecule has 0 saturated heterocycles. The minimum Gasteiger partial charge on any atom is -0.258 e. The van der Waals surface area contributed by atoms with E-state index in [0.717, 1.165) is 10.6 Å². The fraction of sp³-hybridized carbons (Fsp3) is 0. The number of hydrogen-bond donors (Lipinski definition) is 0. The maximum Gasteiger partial charge on any atom is 0.270 e. The van der Waals surface area contributed by atoms with Gasteiger partial charge in [-0.3, -0.25) is 10.1 Å². The van der Waals surface area contributed by atoms with Gasteiger partial charge >= 0.3 is 0 Å². The van der Waals surface area contributed by atoms with Crippen molar-refractivity contribution in [1.82, 2.24) is 10.2 Å². The molecule has 7 heteroatoms. The summed E-state index contributed by atoms with van der Waals surface area (Å²) in [5, 5.41) is 20.1. The van der Waals surface area contributed by atoms with E-state index >= 15 is 0 Å². The predicted molar refractivity (Wildman–Crippen MR) is 85.7 cm³/mol. The van der Waals surface area contributed by atoms with Gasteiger partial charge in [-0.2, -0.15) is 0 Å². The minimum atomic E-state index is -0.435. The highest BCUT2D eigenvalue weighted by Crippen LogP contribution is 2.27. The predicted octanol–water partition coefficient (Wildman–Crippen LogP) is 3.86. The summed E-state index contributed by atoms with van der Waals surface area (Å²) in [6.45, 7) is 0. The average Bonchev–Trinajstić information content (AvgIpc) is 3.03. The summed E-state index contributed by atoms with van der Waals surface area (Å²) in [6, 6.07) is 16.0. The highest BCUT2D eigenvalue weighted by Gasteiger charge is 2.06. The van der Waals surface area contributed by atoms with E-state index in [9.17, 15) is 10.1 Å². The Bertz CT molecular complexity index is 830. The van der Waals surface area contributed by atoms with E-state index in [1.807, 2.05) is 30.3 Å². The quantitative estimate of drug-likeness (QED) is 0.416. The van der Waals surface area contributed by atoms with E-state index in [4.69, 9.17) is 0 Å². The van der Waals surface area contributed by atoms with Gasteiger partial charge in [0.25, 0.3) is 5.69 Å². The van der Waals surface area contributed by atoms with Crippen molar-refractivity contribution in [2.75, 3.05) is 0 Å². The Morgan fingerprint density at radius 1 is 1.09 bits per heavy atom. The number of aromatic nitrogens is 2. The lowest BCUT2D eigenvalue weighted by atomic mass is 10.2. The van der Waals surface area contributed by atoms with Crippen LogP contribution in [0.15, 0.2) is 59.6 Å². The zero-order valence-electron chi connectivity index (χ0n) is 11.3. The summed E-state index contributed by atoms with van der Waals surface area (Å²) in [6.07, 6.45) is 1.54. The minimum absolute atomic E-state index is 0.0335. The molecule has 0 fully saturated rings. The Labute approximate surface area is 130 Å². The van der Waals surface area contributed by atoms with Crippen molar-refractivity contribution in [2.24, 2.45) is 4.99 Å². The van der Waals surface area contributed by atoms with Gasteiger partial charge in [-0.05, 0) is 5.56 Å². The molecule has 6 nitrogen and oxygen atoms in total. The van der Waals surface area contributed by atoms with E-state index < -0.39 is 4.92 Å². The Hall–Kier alpha value is -2.93. The van der Waals surface area contributed by atoms with E-state index in [2.05, 4.69) is 15.2 Å². The first-order valence-electron chi connectivity index (χ1n) is 6.40. The average molecular weight is 310 g/mol. The van der Waals surface area contributed by atoms with Gasteiger partial charge in [-0.25, -0.2) is 4.99 Å². The van der Waals surface area contributed by atoms with Gasteiger partial charge in [0.2, 0.25) is 5.13 Å². The van der Waals surface area contributed by atoms with Crippen molar-refractivity contribution in [1.29, 1.82) is 0 Å². The molecule has 0 aliphatic rings. The molecule has 0 unspecified atom stereocenters. The first-order chi connectivity index (χ1) is 10.7. The van der Waals surface area contributed by atoms with Crippen LogP contribution >= 0.6 is 11.3 Å². The molecule has 2 aromatic carbocycles. The molecule has 0 aliphatic heterocycles. The first-order valence-corrected chi connectivity index (χ1v) is 7.21. The van der Waals surface area contributed by atoms with Crippen molar-refractivity contribution >= 4 is 28.4 Å². The van der Waals surface area contributed by atoms with Crippen molar-refractivity contribution in [3.63, 3.8) is 0 Å². The number of benzene rings is 2. The van der Waals surface area contributed by atoms with Crippen molar-refractivity contribution < 1.29 is 4.92 Å². The van der Waals surface area contributed by atoms with Gasteiger partial charge in [-0.15, -0.1) is 10.2 Å². The summed E-state index contributed by atoms with van der Waals surface area (Å²) >= 11 is 1.36. The second-order valence-electron chi connectivity index (χ2n) is 4.37. The lowest BCUT2D eigenvalue weighted by molar-refractivity contribution is -0.384. The normalized spacial score (nSPS) is 10.9. The molecule has 1 heterocycles. The third kappa shape index (κ3) is 3.21. The highest BCUT2D eigenvalue weighted by molar-refractivity contribution is 7.18.